The first kappa shape index (κ1) is 20.0. The number of nitrogens with one attached hydrogen (secondary N) is 2. The van der Waals surface area contributed by atoms with Crippen molar-refractivity contribution in [2.45, 2.75) is 31.3 Å². The van der Waals surface area contributed by atoms with Crippen LogP contribution in [0.2, 0.25) is 0 Å². The summed E-state index contributed by atoms with van der Waals surface area (Å²) in [5, 5.41) is 7.26. The molecular weight excluding hydrogens is 394 g/mol. The zero-order valence-electron chi connectivity index (χ0n) is 16.2. The lowest BCUT2D eigenvalue weighted by Crippen LogP contribution is -2.41. The van der Waals surface area contributed by atoms with Crippen molar-refractivity contribution in [2.75, 3.05) is 26.0 Å². The monoisotopic (exact) mass is 419 g/mol. The Morgan fingerprint density at radius 1 is 1.24 bits per heavy atom. The van der Waals surface area contributed by atoms with E-state index < -0.39 is 10.0 Å². The van der Waals surface area contributed by atoms with Crippen molar-refractivity contribution in [3.63, 3.8) is 0 Å². The van der Waals surface area contributed by atoms with Crippen LogP contribution in [0.15, 0.2) is 30.3 Å². The Morgan fingerprint density at radius 3 is 2.66 bits per heavy atom. The van der Waals surface area contributed by atoms with Gasteiger partial charge in [-0.25, -0.2) is 18.1 Å². The van der Waals surface area contributed by atoms with Crippen molar-refractivity contribution in [3.8, 4) is 11.4 Å². The second kappa shape index (κ2) is 8.21. The third-order valence-corrected chi connectivity index (χ3v) is 6.15. The molecule has 0 saturated carbocycles. The number of amides is 1. The summed E-state index contributed by atoms with van der Waals surface area (Å²) in [6, 6.07) is 8.87. The lowest BCUT2D eigenvalue weighted by molar-refractivity contribution is -0.139. The minimum absolute atomic E-state index is 0.0220. The number of nitrogens with zero attached hydrogens (tertiary/aromatic N) is 3. The molecule has 2 aliphatic rings. The fourth-order valence-electron chi connectivity index (χ4n) is 4.05. The van der Waals surface area contributed by atoms with Gasteiger partial charge in [0.1, 0.15) is 5.82 Å². The third-order valence-electron chi connectivity index (χ3n) is 5.39. The van der Waals surface area contributed by atoms with E-state index in [2.05, 4.69) is 19.9 Å². The van der Waals surface area contributed by atoms with E-state index in [1.54, 1.807) is 4.90 Å². The molecular formula is C19H25N5O4S. The van der Waals surface area contributed by atoms with Gasteiger partial charge in [-0.05, 0) is 19.3 Å². The number of likely N-dealkylation sites (tertiary alicyclic amines) is 1. The Balaban J connectivity index is 1.59. The molecule has 4 rings (SSSR count). The minimum Gasteiger partial charge on any atom is -0.381 e. The highest BCUT2D eigenvalue weighted by atomic mass is 32.2. The average Bonchev–Trinajstić information content (AvgIpc) is 3.35. The molecule has 0 unspecified atom stereocenters. The molecule has 1 aromatic carbocycles. The fourth-order valence-corrected chi connectivity index (χ4v) is 4.82. The maximum absolute atomic E-state index is 13.2. The number of rotatable bonds is 5. The van der Waals surface area contributed by atoms with Crippen LogP contribution in [-0.4, -0.2) is 66.5 Å². The highest BCUT2D eigenvalue weighted by molar-refractivity contribution is 7.88. The van der Waals surface area contributed by atoms with Crippen molar-refractivity contribution in [2.24, 2.45) is 5.92 Å². The molecule has 2 N–H and O–H groups in total. The van der Waals surface area contributed by atoms with Crippen molar-refractivity contribution < 1.29 is 17.9 Å². The smallest absolute Gasteiger partial charge is 0.226 e. The van der Waals surface area contributed by atoms with Gasteiger partial charge < -0.3 is 9.64 Å². The normalized spacial score (nSPS) is 23.4. The van der Waals surface area contributed by atoms with E-state index in [1.165, 1.54) is 0 Å². The number of H-pyrrole nitrogens is 1. The summed E-state index contributed by atoms with van der Waals surface area (Å²) < 4.78 is 31.5. The third kappa shape index (κ3) is 4.65. The second-order valence-corrected chi connectivity index (χ2v) is 9.41. The standard InChI is InChI=1S/C19H25N5O4S/c1-29(26,27)23-15-11-16(24(12-15)19(25)14-7-9-28-10-8-14)18-20-17(21-22-18)13-5-3-2-4-6-13/h2-6,14-16,23H,7-12H2,1H3,(H,20,21,22)/t15-,16-/m0/s1. The molecule has 2 aromatic rings. The van der Waals surface area contributed by atoms with E-state index >= 15 is 0 Å². The van der Waals surface area contributed by atoms with Gasteiger partial charge in [-0.2, -0.15) is 5.10 Å². The molecule has 9 nitrogen and oxygen atoms in total. The molecule has 2 fully saturated rings. The van der Waals surface area contributed by atoms with Crippen LogP contribution >= 0.6 is 0 Å². The average molecular weight is 420 g/mol. The van der Waals surface area contributed by atoms with Crippen LogP contribution in [-0.2, 0) is 19.6 Å². The Hall–Kier alpha value is -2.30. The Kier molecular flexibility index (Phi) is 5.66. The van der Waals surface area contributed by atoms with Gasteiger partial charge in [0.2, 0.25) is 15.9 Å². The van der Waals surface area contributed by atoms with Gasteiger partial charge in [0.05, 0.1) is 12.3 Å². The van der Waals surface area contributed by atoms with Gasteiger partial charge in [-0.15, -0.1) is 0 Å². The van der Waals surface area contributed by atoms with E-state index in [0.29, 0.717) is 50.7 Å². The molecule has 10 heteroatoms. The van der Waals surface area contributed by atoms with Gasteiger partial charge in [-0.1, -0.05) is 30.3 Å². The number of ether oxygens (including phenoxy) is 1. The predicted octanol–water partition coefficient (Wildman–Crippen LogP) is 1.09. The van der Waals surface area contributed by atoms with Gasteiger partial charge in [0.15, 0.2) is 5.82 Å². The van der Waals surface area contributed by atoms with Crippen LogP contribution in [0.4, 0.5) is 0 Å². The number of benzene rings is 1. The predicted molar refractivity (Wildman–Crippen MR) is 106 cm³/mol. The van der Waals surface area contributed by atoms with Gasteiger partial charge in [0, 0.05) is 37.3 Å². The summed E-state index contributed by atoms with van der Waals surface area (Å²) in [5.41, 5.74) is 0.876. The van der Waals surface area contributed by atoms with E-state index in [9.17, 15) is 13.2 Å². The molecule has 0 spiro atoms. The number of aromatic nitrogens is 3. The quantitative estimate of drug-likeness (QED) is 0.749. The lowest BCUT2D eigenvalue weighted by atomic mass is 9.98. The van der Waals surface area contributed by atoms with Gasteiger partial charge in [-0.3, -0.25) is 9.89 Å². The number of hydrogen-bond acceptors (Lipinski definition) is 6. The Bertz CT molecular complexity index is 956. The van der Waals surface area contributed by atoms with Crippen LogP contribution in [0.3, 0.4) is 0 Å². The highest BCUT2D eigenvalue weighted by Crippen LogP contribution is 2.34. The number of carbonyl (C=O) groups is 1. The van der Waals surface area contributed by atoms with Crippen LogP contribution in [0, 0.1) is 5.92 Å². The van der Waals surface area contributed by atoms with Crippen LogP contribution < -0.4 is 4.72 Å². The van der Waals surface area contributed by atoms with E-state index in [1.807, 2.05) is 30.3 Å². The molecule has 2 aliphatic heterocycles. The minimum atomic E-state index is -3.38. The molecule has 0 radical (unpaired) electrons. The van der Waals surface area contributed by atoms with Crippen molar-refractivity contribution in [1.29, 1.82) is 0 Å². The molecule has 0 aliphatic carbocycles. The summed E-state index contributed by atoms with van der Waals surface area (Å²) in [5.74, 6) is 1.04. The molecule has 0 bridgehead atoms. The SMILES string of the molecule is CS(=O)(=O)N[C@H]1C[C@@H](c2nc(-c3ccccc3)n[nH]2)N(C(=O)C2CCOCC2)C1. The fraction of sp³-hybridized carbons (Fsp3) is 0.526. The summed E-state index contributed by atoms with van der Waals surface area (Å²) in [4.78, 5) is 19.6. The van der Waals surface area contributed by atoms with Crippen molar-refractivity contribution in [1.82, 2.24) is 24.8 Å². The molecule has 2 atom stereocenters. The van der Waals surface area contributed by atoms with Gasteiger partial charge in [0.25, 0.3) is 0 Å². The first-order chi connectivity index (χ1) is 13.9. The molecule has 29 heavy (non-hydrogen) atoms. The zero-order chi connectivity index (χ0) is 20.4. The molecule has 1 amide bonds. The summed E-state index contributed by atoms with van der Waals surface area (Å²) in [7, 11) is -3.38. The van der Waals surface area contributed by atoms with Gasteiger partial charge >= 0.3 is 0 Å². The number of carbonyl (C=O) groups excluding carboxylic acids is 1. The van der Waals surface area contributed by atoms with Crippen LogP contribution in [0.5, 0.6) is 0 Å². The summed E-state index contributed by atoms with van der Waals surface area (Å²) >= 11 is 0. The van der Waals surface area contributed by atoms with Crippen molar-refractivity contribution in [3.05, 3.63) is 36.2 Å². The van der Waals surface area contributed by atoms with Crippen molar-refractivity contribution >= 4 is 15.9 Å². The maximum atomic E-state index is 13.2. The number of hydrogen-bond donors (Lipinski definition) is 2. The maximum Gasteiger partial charge on any atom is 0.226 e. The first-order valence-electron chi connectivity index (χ1n) is 9.74. The number of sulfonamides is 1. The molecule has 1 aromatic heterocycles. The van der Waals surface area contributed by atoms with E-state index in [0.717, 1.165) is 11.8 Å². The largest absolute Gasteiger partial charge is 0.381 e. The molecule has 3 heterocycles. The molecule has 156 valence electrons. The lowest BCUT2D eigenvalue weighted by Gasteiger charge is -2.29. The first-order valence-corrected chi connectivity index (χ1v) is 11.6. The second-order valence-electron chi connectivity index (χ2n) is 7.63. The summed E-state index contributed by atoms with van der Waals surface area (Å²) in [6.45, 7) is 1.45. The number of aromatic amines is 1. The van der Waals surface area contributed by atoms with Crippen LogP contribution in [0.25, 0.3) is 11.4 Å². The zero-order valence-corrected chi connectivity index (χ0v) is 17.1. The van der Waals surface area contributed by atoms with E-state index in [-0.39, 0.29) is 23.9 Å². The Morgan fingerprint density at radius 2 is 1.97 bits per heavy atom. The molecule has 2 saturated heterocycles. The summed E-state index contributed by atoms with van der Waals surface area (Å²) in [6.07, 6.45) is 2.94. The van der Waals surface area contributed by atoms with Crippen LogP contribution in [0.1, 0.15) is 31.1 Å². The topological polar surface area (TPSA) is 117 Å². The Labute approximate surface area is 169 Å². The highest BCUT2D eigenvalue weighted by Gasteiger charge is 2.41. The van der Waals surface area contributed by atoms with E-state index in [4.69, 9.17) is 4.74 Å².